The van der Waals surface area contributed by atoms with Gasteiger partial charge >= 0.3 is 0 Å². The Morgan fingerprint density at radius 1 is 0.778 bits per heavy atom. The van der Waals surface area contributed by atoms with Gasteiger partial charge in [-0.2, -0.15) is 0 Å². The molecule has 2 aromatic carbocycles. The fraction of sp³-hybridized carbons (Fsp3) is 0. The molecule has 18 heavy (non-hydrogen) atoms. The summed E-state index contributed by atoms with van der Waals surface area (Å²) < 4.78 is 0. The van der Waals surface area contributed by atoms with Gasteiger partial charge in [0, 0.05) is 0 Å². The van der Waals surface area contributed by atoms with Crippen LogP contribution in [0.3, 0.4) is 0 Å². The second-order valence-electron chi connectivity index (χ2n) is 3.54. The van der Waals surface area contributed by atoms with Crippen LogP contribution in [-0.2, 0) is 0 Å². The van der Waals surface area contributed by atoms with E-state index in [2.05, 4.69) is 10.6 Å². The van der Waals surface area contributed by atoms with Crippen molar-refractivity contribution in [2.75, 3.05) is 10.6 Å². The minimum atomic E-state index is 0.441. The van der Waals surface area contributed by atoms with Gasteiger partial charge in [0.1, 0.15) is 0 Å². The van der Waals surface area contributed by atoms with Gasteiger partial charge in [0.05, 0.1) is 21.4 Å². The number of hydrogen-bond donors (Lipinski definition) is 2. The summed E-state index contributed by atoms with van der Waals surface area (Å²) in [6, 6.07) is 14.8. The minimum Gasteiger partial charge on any atom is -0.331 e. The third-order valence-corrected chi connectivity index (χ3v) is 3.11. The van der Waals surface area contributed by atoms with E-state index in [1.165, 1.54) is 0 Å². The van der Waals surface area contributed by atoms with Crippen LogP contribution < -0.4 is 10.6 Å². The summed E-state index contributed by atoms with van der Waals surface area (Å²) in [7, 11) is 0. The number of thiocarbonyl (C=S) groups is 1. The Bertz CT molecular complexity index is 523. The molecule has 0 aliphatic rings. The first-order valence-electron chi connectivity index (χ1n) is 5.24. The van der Waals surface area contributed by atoms with Crippen molar-refractivity contribution >= 4 is 51.9 Å². The zero-order valence-corrected chi connectivity index (χ0v) is 11.6. The van der Waals surface area contributed by atoms with Gasteiger partial charge in [-0.05, 0) is 36.5 Å². The molecule has 0 unspecified atom stereocenters. The molecule has 2 nitrogen and oxygen atoms in total. The van der Waals surface area contributed by atoms with Gasteiger partial charge in [0.2, 0.25) is 0 Å². The number of hydrogen-bond acceptors (Lipinski definition) is 1. The molecule has 2 aromatic rings. The van der Waals surface area contributed by atoms with Crippen molar-refractivity contribution in [3.8, 4) is 0 Å². The highest BCUT2D eigenvalue weighted by atomic mass is 35.5. The number of para-hydroxylation sites is 2. The zero-order chi connectivity index (χ0) is 13.0. The van der Waals surface area contributed by atoms with Crippen LogP contribution in [0.5, 0.6) is 0 Å². The van der Waals surface area contributed by atoms with Gasteiger partial charge in [0.15, 0.2) is 5.11 Å². The smallest absolute Gasteiger partial charge is 0.175 e. The van der Waals surface area contributed by atoms with Crippen molar-refractivity contribution in [1.29, 1.82) is 0 Å². The van der Waals surface area contributed by atoms with E-state index in [-0.39, 0.29) is 0 Å². The predicted molar refractivity (Wildman–Crippen MR) is 82.7 cm³/mol. The number of nitrogens with one attached hydrogen (secondary N) is 2. The first-order valence-corrected chi connectivity index (χ1v) is 6.40. The zero-order valence-electron chi connectivity index (χ0n) is 9.28. The molecule has 0 atom stereocenters. The fourth-order valence-corrected chi connectivity index (χ4v) is 1.99. The molecule has 0 fully saturated rings. The largest absolute Gasteiger partial charge is 0.331 e. The first-order chi connectivity index (χ1) is 8.66. The third-order valence-electron chi connectivity index (χ3n) is 2.24. The Morgan fingerprint density at radius 3 is 1.56 bits per heavy atom. The lowest BCUT2D eigenvalue weighted by molar-refractivity contribution is 1.59. The maximum atomic E-state index is 6.03. The van der Waals surface area contributed by atoms with E-state index in [9.17, 15) is 0 Å². The molecule has 0 aromatic heterocycles. The Hall–Kier alpha value is -1.29. The Morgan fingerprint density at radius 2 is 1.17 bits per heavy atom. The average Bonchev–Trinajstić information content (AvgIpc) is 2.35. The summed E-state index contributed by atoms with van der Waals surface area (Å²) in [5.74, 6) is 0. The molecule has 0 saturated heterocycles. The van der Waals surface area contributed by atoms with Crippen molar-refractivity contribution in [2.24, 2.45) is 0 Å². The predicted octanol–water partition coefficient (Wildman–Crippen LogP) is 4.80. The van der Waals surface area contributed by atoms with Crippen LogP contribution in [0, 0.1) is 0 Å². The van der Waals surface area contributed by atoms with Gasteiger partial charge in [-0.15, -0.1) is 0 Å². The lowest BCUT2D eigenvalue weighted by Crippen LogP contribution is -2.19. The number of halogens is 2. The monoisotopic (exact) mass is 296 g/mol. The molecular formula is C13H10Cl2N2S. The summed E-state index contributed by atoms with van der Waals surface area (Å²) in [5, 5.41) is 7.70. The lowest BCUT2D eigenvalue weighted by Gasteiger charge is -2.12. The van der Waals surface area contributed by atoms with E-state index in [0.717, 1.165) is 11.4 Å². The van der Waals surface area contributed by atoms with Crippen molar-refractivity contribution in [3.05, 3.63) is 58.6 Å². The topological polar surface area (TPSA) is 24.1 Å². The molecule has 92 valence electrons. The lowest BCUT2D eigenvalue weighted by atomic mass is 10.3. The fourth-order valence-electron chi connectivity index (χ4n) is 1.40. The Balaban J connectivity index is 2.06. The van der Waals surface area contributed by atoms with Crippen LogP contribution >= 0.6 is 35.4 Å². The summed E-state index contributed by atoms with van der Waals surface area (Å²) in [4.78, 5) is 0. The van der Waals surface area contributed by atoms with Crippen LogP contribution in [-0.4, -0.2) is 5.11 Å². The minimum absolute atomic E-state index is 0.441. The molecule has 0 radical (unpaired) electrons. The average molecular weight is 297 g/mol. The highest BCUT2D eigenvalue weighted by Crippen LogP contribution is 2.23. The van der Waals surface area contributed by atoms with Crippen molar-refractivity contribution in [1.82, 2.24) is 0 Å². The van der Waals surface area contributed by atoms with E-state index in [1.807, 2.05) is 36.4 Å². The van der Waals surface area contributed by atoms with E-state index in [4.69, 9.17) is 35.4 Å². The quantitative estimate of drug-likeness (QED) is 0.778. The van der Waals surface area contributed by atoms with Gasteiger partial charge in [-0.25, -0.2) is 0 Å². The molecule has 0 spiro atoms. The van der Waals surface area contributed by atoms with Crippen LogP contribution in [0.25, 0.3) is 0 Å². The number of anilines is 2. The summed E-state index contributed by atoms with van der Waals surface area (Å²) in [5.41, 5.74) is 1.51. The molecule has 0 heterocycles. The van der Waals surface area contributed by atoms with Gasteiger partial charge in [0.25, 0.3) is 0 Å². The molecule has 0 aliphatic heterocycles. The molecule has 0 aliphatic carbocycles. The molecule has 2 rings (SSSR count). The Kier molecular flexibility index (Phi) is 4.42. The number of benzene rings is 2. The summed E-state index contributed by atoms with van der Waals surface area (Å²) in [6.07, 6.45) is 0. The second-order valence-corrected chi connectivity index (χ2v) is 4.76. The molecule has 0 saturated carbocycles. The van der Waals surface area contributed by atoms with Gasteiger partial charge in [-0.1, -0.05) is 47.5 Å². The summed E-state index contributed by atoms with van der Waals surface area (Å²) >= 11 is 17.3. The maximum absolute atomic E-state index is 6.03. The van der Waals surface area contributed by atoms with Crippen LogP contribution in [0.2, 0.25) is 10.0 Å². The molecule has 2 N–H and O–H groups in total. The van der Waals surface area contributed by atoms with Crippen molar-refractivity contribution in [2.45, 2.75) is 0 Å². The number of rotatable bonds is 2. The van der Waals surface area contributed by atoms with E-state index in [1.54, 1.807) is 12.1 Å². The van der Waals surface area contributed by atoms with E-state index in [0.29, 0.717) is 15.2 Å². The van der Waals surface area contributed by atoms with E-state index < -0.39 is 0 Å². The van der Waals surface area contributed by atoms with Crippen molar-refractivity contribution in [3.63, 3.8) is 0 Å². The van der Waals surface area contributed by atoms with Crippen molar-refractivity contribution < 1.29 is 0 Å². The third kappa shape index (κ3) is 3.35. The SMILES string of the molecule is S=C(Nc1ccccc1Cl)Nc1ccccc1Cl. The molecule has 0 bridgehead atoms. The standard InChI is InChI=1S/C13H10Cl2N2S/c14-9-5-1-3-7-11(9)16-13(18)17-12-8-4-2-6-10(12)15/h1-8H,(H2,16,17,18). The molecular weight excluding hydrogens is 287 g/mol. The van der Waals surface area contributed by atoms with Crippen LogP contribution in [0.4, 0.5) is 11.4 Å². The summed E-state index contributed by atoms with van der Waals surface area (Å²) in [6.45, 7) is 0. The van der Waals surface area contributed by atoms with Gasteiger partial charge in [-0.3, -0.25) is 0 Å². The maximum Gasteiger partial charge on any atom is 0.175 e. The van der Waals surface area contributed by atoms with Crippen LogP contribution in [0.15, 0.2) is 48.5 Å². The highest BCUT2D eigenvalue weighted by molar-refractivity contribution is 7.80. The Labute approximate surface area is 121 Å². The second kappa shape index (κ2) is 6.05. The highest BCUT2D eigenvalue weighted by Gasteiger charge is 2.04. The first kappa shape index (κ1) is 13.1. The van der Waals surface area contributed by atoms with Gasteiger partial charge < -0.3 is 10.6 Å². The molecule has 0 amide bonds. The van der Waals surface area contributed by atoms with E-state index >= 15 is 0 Å². The normalized spacial score (nSPS) is 9.89. The molecule has 5 heteroatoms. The van der Waals surface area contributed by atoms with Crippen LogP contribution in [0.1, 0.15) is 0 Å².